The summed E-state index contributed by atoms with van der Waals surface area (Å²) in [5, 5.41) is 3.56. The van der Waals surface area contributed by atoms with E-state index >= 15 is 0 Å². The van der Waals surface area contributed by atoms with Gasteiger partial charge < -0.3 is 10.1 Å². The monoisotopic (exact) mass is 253 g/mol. The standard InChI is InChI=1S/C17H19NO/c1-11-4-7-15-17(8-11)19-10-16(18-15)14-6-5-12(2)13(3)9-14/h4-9,16,18H,10H2,1-3H3. The van der Waals surface area contributed by atoms with E-state index in [1.54, 1.807) is 0 Å². The molecule has 2 aromatic carbocycles. The molecule has 0 bridgehead atoms. The highest BCUT2D eigenvalue weighted by molar-refractivity contribution is 5.60. The third kappa shape index (κ3) is 2.30. The first-order valence-electron chi connectivity index (χ1n) is 6.70. The maximum atomic E-state index is 5.88. The van der Waals surface area contributed by atoms with Crippen molar-refractivity contribution in [2.24, 2.45) is 0 Å². The van der Waals surface area contributed by atoms with Gasteiger partial charge in [-0.15, -0.1) is 0 Å². The number of ether oxygens (including phenoxy) is 1. The Labute approximate surface area is 114 Å². The summed E-state index contributed by atoms with van der Waals surface area (Å²) in [4.78, 5) is 0. The van der Waals surface area contributed by atoms with Gasteiger partial charge in [0.1, 0.15) is 12.4 Å². The quantitative estimate of drug-likeness (QED) is 0.824. The first-order chi connectivity index (χ1) is 9.13. The highest BCUT2D eigenvalue weighted by atomic mass is 16.5. The molecule has 0 radical (unpaired) electrons. The van der Waals surface area contributed by atoms with Crippen molar-refractivity contribution >= 4 is 5.69 Å². The highest BCUT2D eigenvalue weighted by Crippen LogP contribution is 2.34. The fourth-order valence-electron chi connectivity index (χ4n) is 2.43. The zero-order chi connectivity index (χ0) is 13.4. The van der Waals surface area contributed by atoms with E-state index in [-0.39, 0.29) is 6.04 Å². The summed E-state index contributed by atoms with van der Waals surface area (Å²) in [5.41, 5.74) is 6.25. The fourth-order valence-corrected chi connectivity index (χ4v) is 2.43. The van der Waals surface area contributed by atoms with E-state index in [0.29, 0.717) is 6.61 Å². The molecule has 1 aliphatic rings. The summed E-state index contributed by atoms with van der Waals surface area (Å²) >= 11 is 0. The van der Waals surface area contributed by atoms with Crippen LogP contribution >= 0.6 is 0 Å². The van der Waals surface area contributed by atoms with Crippen molar-refractivity contribution in [2.75, 3.05) is 11.9 Å². The normalized spacial score (nSPS) is 17.3. The smallest absolute Gasteiger partial charge is 0.142 e. The molecular weight excluding hydrogens is 234 g/mol. The molecule has 0 fully saturated rings. The number of aryl methyl sites for hydroxylation is 3. The van der Waals surface area contributed by atoms with Crippen LogP contribution in [0.1, 0.15) is 28.3 Å². The van der Waals surface area contributed by atoms with E-state index in [1.807, 2.05) is 0 Å². The Bertz CT molecular complexity index is 619. The number of rotatable bonds is 1. The second-order valence-electron chi connectivity index (χ2n) is 5.35. The molecule has 0 aliphatic carbocycles. The number of anilines is 1. The summed E-state index contributed by atoms with van der Waals surface area (Å²) in [7, 11) is 0. The fraction of sp³-hybridized carbons (Fsp3) is 0.294. The van der Waals surface area contributed by atoms with Crippen LogP contribution in [0.25, 0.3) is 0 Å². The van der Waals surface area contributed by atoms with Crippen LogP contribution in [-0.2, 0) is 0 Å². The molecule has 0 saturated heterocycles. The molecule has 1 aliphatic heterocycles. The number of nitrogens with one attached hydrogen (secondary N) is 1. The molecule has 1 heterocycles. The van der Waals surface area contributed by atoms with E-state index in [1.165, 1.54) is 22.3 Å². The predicted octanol–water partition coefficient (Wildman–Crippen LogP) is 4.16. The van der Waals surface area contributed by atoms with Gasteiger partial charge in [0.15, 0.2) is 0 Å². The Balaban J connectivity index is 1.89. The van der Waals surface area contributed by atoms with E-state index < -0.39 is 0 Å². The third-order valence-electron chi connectivity index (χ3n) is 3.81. The Hall–Kier alpha value is -1.96. The van der Waals surface area contributed by atoms with Crippen LogP contribution in [0, 0.1) is 20.8 Å². The van der Waals surface area contributed by atoms with Crippen molar-refractivity contribution in [2.45, 2.75) is 26.8 Å². The second kappa shape index (κ2) is 4.61. The average Bonchev–Trinajstić information content (AvgIpc) is 2.41. The molecule has 2 aromatic rings. The van der Waals surface area contributed by atoms with Gasteiger partial charge in [-0.1, -0.05) is 24.3 Å². The van der Waals surface area contributed by atoms with Crippen LogP contribution in [0.4, 0.5) is 5.69 Å². The molecule has 1 N–H and O–H groups in total. The lowest BCUT2D eigenvalue weighted by molar-refractivity contribution is 0.286. The molecule has 1 unspecified atom stereocenters. The van der Waals surface area contributed by atoms with Gasteiger partial charge >= 0.3 is 0 Å². The maximum Gasteiger partial charge on any atom is 0.142 e. The van der Waals surface area contributed by atoms with Crippen LogP contribution in [0.3, 0.4) is 0 Å². The van der Waals surface area contributed by atoms with Crippen molar-refractivity contribution in [3.8, 4) is 5.75 Å². The van der Waals surface area contributed by atoms with Gasteiger partial charge in [0.2, 0.25) is 0 Å². The van der Waals surface area contributed by atoms with Crippen molar-refractivity contribution in [3.05, 3.63) is 58.7 Å². The minimum atomic E-state index is 0.231. The first kappa shape index (κ1) is 12.1. The van der Waals surface area contributed by atoms with Gasteiger partial charge in [0, 0.05) is 0 Å². The number of hydrogen-bond donors (Lipinski definition) is 1. The van der Waals surface area contributed by atoms with Crippen molar-refractivity contribution in [1.82, 2.24) is 0 Å². The van der Waals surface area contributed by atoms with Crippen LogP contribution in [0.5, 0.6) is 5.75 Å². The SMILES string of the molecule is Cc1ccc2c(c1)OCC(c1ccc(C)c(C)c1)N2. The Morgan fingerprint density at radius 3 is 2.63 bits per heavy atom. The maximum absolute atomic E-state index is 5.88. The van der Waals surface area contributed by atoms with E-state index in [9.17, 15) is 0 Å². The third-order valence-corrected chi connectivity index (χ3v) is 3.81. The van der Waals surface area contributed by atoms with Crippen molar-refractivity contribution < 1.29 is 4.74 Å². The number of benzene rings is 2. The van der Waals surface area contributed by atoms with Gasteiger partial charge in [-0.3, -0.25) is 0 Å². The number of fused-ring (bicyclic) bond motifs is 1. The summed E-state index contributed by atoms with van der Waals surface area (Å²) < 4.78 is 5.88. The van der Waals surface area contributed by atoms with Crippen LogP contribution < -0.4 is 10.1 Å². The van der Waals surface area contributed by atoms with Gasteiger partial charge in [0.05, 0.1) is 11.7 Å². The highest BCUT2D eigenvalue weighted by Gasteiger charge is 2.20. The zero-order valence-corrected chi connectivity index (χ0v) is 11.7. The van der Waals surface area contributed by atoms with Gasteiger partial charge in [-0.05, 0) is 55.2 Å². The Morgan fingerprint density at radius 2 is 1.84 bits per heavy atom. The molecule has 19 heavy (non-hydrogen) atoms. The minimum Gasteiger partial charge on any atom is -0.489 e. The average molecular weight is 253 g/mol. The lowest BCUT2D eigenvalue weighted by Crippen LogP contribution is -2.24. The summed E-state index contributed by atoms with van der Waals surface area (Å²) in [5.74, 6) is 0.958. The summed E-state index contributed by atoms with van der Waals surface area (Å²) in [6.45, 7) is 7.06. The molecule has 2 nitrogen and oxygen atoms in total. The second-order valence-corrected chi connectivity index (χ2v) is 5.35. The van der Waals surface area contributed by atoms with Crippen LogP contribution in [0.2, 0.25) is 0 Å². The Morgan fingerprint density at radius 1 is 1.00 bits per heavy atom. The largest absolute Gasteiger partial charge is 0.489 e. The molecular formula is C17H19NO. The molecule has 2 heteroatoms. The van der Waals surface area contributed by atoms with E-state index in [4.69, 9.17) is 4.74 Å². The topological polar surface area (TPSA) is 21.3 Å². The van der Waals surface area contributed by atoms with Crippen LogP contribution in [0.15, 0.2) is 36.4 Å². The molecule has 3 rings (SSSR count). The molecule has 0 spiro atoms. The summed E-state index contributed by atoms with van der Waals surface area (Å²) in [6, 6.07) is 13.1. The molecule has 98 valence electrons. The first-order valence-corrected chi connectivity index (χ1v) is 6.70. The lowest BCUT2D eigenvalue weighted by atomic mass is 10.0. The Kier molecular flexibility index (Phi) is 2.94. The van der Waals surface area contributed by atoms with Gasteiger partial charge in [-0.2, -0.15) is 0 Å². The van der Waals surface area contributed by atoms with Gasteiger partial charge in [0.25, 0.3) is 0 Å². The zero-order valence-electron chi connectivity index (χ0n) is 11.7. The van der Waals surface area contributed by atoms with Crippen LogP contribution in [-0.4, -0.2) is 6.61 Å². The molecule has 1 atom stereocenters. The lowest BCUT2D eigenvalue weighted by Gasteiger charge is -2.28. The molecule has 0 saturated carbocycles. The number of hydrogen-bond acceptors (Lipinski definition) is 2. The van der Waals surface area contributed by atoms with Crippen molar-refractivity contribution in [1.29, 1.82) is 0 Å². The van der Waals surface area contributed by atoms with Gasteiger partial charge in [-0.25, -0.2) is 0 Å². The minimum absolute atomic E-state index is 0.231. The summed E-state index contributed by atoms with van der Waals surface area (Å²) in [6.07, 6.45) is 0. The molecule has 0 amide bonds. The van der Waals surface area contributed by atoms with E-state index in [2.05, 4.69) is 62.5 Å². The predicted molar refractivity (Wildman–Crippen MR) is 79.0 cm³/mol. The molecule has 0 aromatic heterocycles. The van der Waals surface area contributed by atoms with Crippen molar-refractivity contribution in [3.63, 3.8) is 0 Å². The van der Waals surface area contributed by atoms with E-state index in [0.717, 1.165) is 11.4 Å².